The first-order chi connectivity index (χ1) is 11.3. The van der Waals surface area contributed by atoms with Crippen LogP contribution in [0.5, 0.6) is 5.75 Å². The fraction of sp³-hybridized carbons (Fsp3) is 0.350. The van der Waals surface area contributed by atoms with Gasteiger partial charge in [0.15, 0.2) is 0 Å². The van der Waals surface area contributed by atoms with Crippen molar-refractivity contribution in [2.75, 3.05) is 0 Å². The molecule has 2 aromatic rings. The summed E-state index contributed by atoms with van der Waals surface area (Å²) < 4.78 is 5.66. The minimum absolute atomic E-state index is 0.161. The Bertz CT molecular complexity index is 645. The van der Waals surface area contributed by atoms with Crippen LogP contribution in [-0.2, 0) is 17.7 Å². The molecule has 0 fully saturated rings. The maximum absolute atomic E-state index is 12.1. The van der Waals surface area contributed by atoms with Gasteiger partial charge in [-0.15, -0.1) is 0 Å². The van der Waals surface area contributed by atoms with Crippen LogP contribution in [0.3, 0.4) is 0 Å². The number of nitrogens with one attached hydrogen (secondary N) is 1. The smallest absolute Gasteiger partial charge is 0.407 e. The molecule has 24 heavy (non-hydrogen) atoms. The summed E-state index contributed by atoms with van der Waals surface area (Å²) in [5, 5.41) is 12.0. The van der Waals surface area contributed by atoms with E-state index in [1.165, 1.54) is 0 Å². The third kappa shape index (κ3) is 5.61. The number of carbonyl (C=O) groups is 1. The number of carbonyl (C=O) groups excluding carboxylic acids is 1. The lowest BCUT2D eigenvalue weighted by atomic mass is 9.85. The maximum atomic E-state index is 12.1. The topological polar surface area (TPSA) is 58.6 Å². The molecule has 0 radical (unpaired) electrons. The third-order valence-electron chi connectivity index (χ3n) is 3.85. The lowest BCUT2D eigenvalue weighted by Gasteiger charge is -2.30. The number of amides is 1. The Morgan fingerprint density at radius 3 is 2.25 bits per heavy atom. The van der Waals surface area contributed by atoms with Crippen molar-refractivity contribution in [3.8, 4) is 5.75 Å². The van der Waals surface area contributed by atoms with Crippen LogP contribution >= 0.6 is 0 Å². The maximum Gasteiger partial charge on any atom is 0.407 e. The van der Waals surface area contributed by atoms with E-state index < -0.39 is 6.09 Å². The number of hydrogen-bond acceptors (Lipinski definition) is 3. The summed E-state index contributed by atoms with van der Waals surface area (Å²) in [5.74, 6) is 0.206. The molecule has 0 heterocycles. The lowest BCUT2D eigenvalue weighted by Crippen LogP contribution is -2.37. The van der Waals surface area contributed by atoms with Crippen molar-refractivity contribution in [2.45, 2.75) is 39.8 Å². The zero-order chi connectivity index (χ0) is 17.6. The monoisotopic (exact) mass is 327 g/mol. The average Bonchev–Trinajstić information content (AvgIpc) is 2.54. The largest absolute Gasteiger partial charge is 0.508 e. The van der Waals surface area contributed by atoms with Crippen LogP contribution in [0.25, 0.3) is 0 Å². The molecule has 0 aliphatic heterocycles. The summed E-state index contributed by atoms with van der Waals surface area (Å²) in [6, 6.07) is 16.7. The molecule has 4 nitrogen and oxygen atoms in total. The van der Waals surface area contributed by atoms with E-state index >= 15 is 0 Å². The van der Waals surface area contributed by atoms with Crippen LogP contribution in [0.4, 0.5) is 4.79 Å². The number of hydrogen-bond donors (Lipinski definition) is 2. The van der Waals surface area contributed by atoms with Crippen molar-refractivity contribution < 1.29 is 14.6 Å². The first-order valence-electron chi connectivity index (χ1n) is 8.11. The highest BCUT2D eigenvalue weighted by molar-refractivity contribution is 5.67. The van der Waals surface area contributed by atoms with Gasteiger partial charge in [0.05, 0.1) is 0 Å². The van der Waals surface area contributed by atoms with Crippen LogP contribution in [0.2, 0.25) is 0 Å². The van der Waals surface area contributed by atoms with E-state index in [1.807, 2.05) is 30.3 Å². The Morgan fingerprint density at radius 2 is 1.67 bits per heavy atom. The Kier molecular flexibility index (Phi) is 5.85. The van der Waals surface area contributed by atoms with E-state index in [4.69, 9.17) is 4.74 Å². The van der Waals surface area contributed by atoms with Crippen LogP contribution < -0.4 is 5.32 Å². The summed E-state index contributed by atoms with van der Waals surface area (Å²) in [7, 11) is 0. The molecular weight excluding hydrogens is 302 g/mol. The Hall–Kier alpha value is -2.49. The summed E-state index contributed by atoms with van der Waals surface area (Å²) in [5.41, 5.74) is 1.88. The van der Waals surface area contributed by atoms with Gasteiger partial charge in [0.1, 0.15) is 11.9 Å². The molecule has 128 valence electrons. The number of ether oxygens (including phenoxy) is 1. The molecule has 0 saturated heterocycles. The van der Waals surface area contributed by atoms with Gasteiger partial charge >= 0.3 is 6.09 Å². The molecule has 4 heteroatoms. The van der Waals surface area contributed by atoms with E-state index in [1.54, 1.807) is 24.3 Å². The average molecular weight is 327 g/mol. The van der Waals surface area contributed by atoms with Crippen molar-refractivity contribution in [3.63, 3.8) is 0 Å². The predicted molar refractivity (Wildman–Crippen MR) is 94.8 cm³/mol. The third-order valence-corrected chi connectivity index (χ3v) is 3.85. The van der Waals surface area contributed by atoms with Crippen molar-refractivity contribution in [3.05, 3.63) is 65.7 Å². The van der Waals surface area contributed by atoms with Crippen molar-refractivity contribution in [1.29, 1.82) is 0 Å². The molecule has 1 unspecified atom stereocenters. The fourth-order valence-corrected chi connectivity index (χ4v) is 2.31. The standard InChI is InChI=1S/C20H25NO3/c1-20(2,3)18(13-15-7-5-4-6-8-15)24-19(23)21-14-16-9-11-17(22)12-10-16/h4-12,18,22H,13-14H2,1-3H3,(H,21,23). The van der Waals surface area contributed by atoms with Crippen LogP contribution in [0, 0.1) is 5.41 Å². The van der Waals surface area contributed by atoms with Crippen LogP contribution in [-0.4, -0.2) is 17.3 Å². The van der Waals surface area contributed by atoms with Crippen LogP contribution in [0.1, 0.15) is 31.9 Å². The first kappa shape index (κ1) is 17.9. The molecular formula is C20H25NO3. The van der Waals surface area contributed by atoms with Gasteiger partial charge in [-0.25, -0.2) is 4.79 Å². The zero-order valence-corrected chi connectivity index (χ0v) is 14.5. The molecule has 0 aromatic heterocycles. The fourth-order valence-electron chi connectivity index (χ4n) is 2.31. The molecule has 0 saturated carbocycles. The predicted octanol–water partition coefficient (Wildman–Crippen LogP) is 4.28. The molecule has 0 spiro atoms. The van der Waals surface area contributed by atoms with Crippen LogP contribution in [0.15, 0.2) is 54.6 Å². The second-order valence-electron chi connectivity index (χ2n) is 6.97. The lowest BCUT2D eigenvalue weighted by molar-refractivity contribution is 0.0316. The molecule has 2 N–H and O–H groups in total. The number of rotatable bonds is 5. The van der Waals surface area contributed by atoms with E-state index in [9.17, 15) is 9.90 Å². The quantitative estimate of drug-likeness (QED) is 0.862. The second-order valence-corrected chi connectivity index (χ2v) is 6.97. The summed E-state index contributed by atoms with van der Waals surface area (Å²) in [4.78, 5) is 12.1. The molecule has 1 amide bonds. The Balaban J connectivity index is 1.93. The van der Waals surface area contributed by atoms with Crippen molar-refractivity contribution in [2.24, 2.45) is 5.41 Å². The van der Waals surface area contributed by atoms with E-state index in [0.29, 0.717) is 13.0 Å². The van der Waals surface area contributed by atoms with Gasteiger partial charge in [-0.05, 0) is 28.7 Å². The number of benzene rings is 2. The number of alkyl carbamates (subject to hydrolysis) is 1. The SMILES string of the molecule is CC(C)(C)C(Cc1ccccc1)OC(=O)NCc1ccc(O)cc1. The zero-order valence-electron chi connectivity index (χ0n) is 14.5. The highest BCUT2D eigenvalue weighted by Gasteiger charge is 2.28. The normalized spacial score (nSPS) is 12.5. The van der Waals surface area contributed by atoms with Gasteiger partial charge in [0.25, 0.3) is 0 Å². The number of phenols is 1. The van der Waals surface area contributed by atoms with Crippen molar-refractivity contribution in [1.82, 2.24) is 5.32 Å². The number of aromatic hydroxyl groups is 1. The first-order valence-corrected chi connectivity index (χ1v) is 8.11. The van der Waals surface area contributed by atoms with Gasteiger partial charge in [-0.1, -0.05) is 63.2 Å². The van der Waals surface area contributed by atoms with Gasteiger partial charge in [-0.2, -0.15) is 0 Å². The highest BCUT2D eigenvalue weighted by atomic mass is 16.6. The summed E-state index contributed by atoms with van der Waals surface area (Å²) in [6.07, 6.45) is 0.0235. The molecule has 0 aliphatic carbocycles. The molecule has 2 aromatic carbocycles. The second kappa shape index (κ2) is 7.86. The summed E-state index contributed by atoms with van der Waals surface area (Å²) >= 11 is 0. The van der Waals surface area contributed by atoms with E-state index in [-0.39, 0.29) is 17.3 Å². The minimum Gasteiger partial charge on any atom is -0.508 e. The highest BCUT2D eigenvalue weighted by Crippen LogP contribution is 2.25. The van der Waals surface area contributed by atoms with Gasteiger partial charge in [0.2, 0.25) is 0 Å². The van der Waals surface area contributed by atoms with E-state index in [0.717, 1.165) is 11.1 Å². The Morgan fingerprint density at radius 1 is 1.04 bits per heavy atom. The van der Waals surface area contributed by atoms with Gasteiger partial charge < -0.3 is 15.2 Å². The van der Waals surface area contributed by atoms with Crippen molar-refractivity contribution >= 4 is 6.09 Å². The Labute approximate surface area is 143 Å². The van der Waals surface area contributed by atoms with E-state index in [2.05, 4.69) is 26.1 Å². The van der Waals surface area contributed by atoms with Gasteiger partial charge in [0, 0.05) is 13.0 Å². The van der Waals surface area contributed by atoms with Gasteiger partial charge in [-0.3, -0.25) is 0 Å². The number of phenolic OH excluding ortho intramolecular Hbond substituents is 1. The minimum atomic E-state index is -0.432. The summed E-state index contributed by atoms with van der Waals surface area (Å²) in [6.45, 7) is 6.55. The molecule has 1 atom stereocenters. The molecule has 0 aliphatic rings. The molecule has 2 rings (SSSR count). The molecule has 0 bridgehead atoms.